The number of nitrogens with zero attached hydrogens (tertiary/aromatic N) is 1. The van der Waals surface area contributed by atoms with E-state index in [4.69, 9.17) is 0 Å². The average Bonchev–Trinajstić information content (AvgIpc) is 2.67. The van der Waals surface area contributed by atoms with Crippen molar-refractivity contribution in [1.82, 2.24) is 4.90 Å². The molecule has 0 unspecified atom stereocenters. The fraction of sp³-hybridized carbons (Fsp3) is 0.364. The number of halogens is 2. The van der Waals surface area contributed by atoms with E-state index >= 15 is 0 Å². The Kier molecular flexibility index (Phi) is 3.86. The van der Waals surface area contributed by atoms with Crippen LogP contribution in [0, 0.1) is 3.57 Å². The van der Waals surface area contributed by atoms with Crippen LogP contribution in [0.15, 0.2) is 22.7 Å². The van der Waals surface area contributed by atoms with Gasteiger partial charge in [0.25, 0.3) is 5.91 Å². The van der Waals surface area contributed by atoms with Crippen LogP contribution in [0.25, 0.3) is 0 Å². The maximum atomic E-state index is 12.2. The van der Waals surface area contributed by atoms with Crippen LogP contribution in [-0.2, 0) is 0 Å². The van der Waals surface area contributed by atoms with Crippen molar-refractivity contribution < 1.29 is 9.90 Å². The predicted molar refractivity (Wildman–Crippen MR) is 73.4 cm³/mol. The quantitative estimate of drug-likeness (QED) is 0.741. The summed E-state index contributed by atoms with van der Waals surface area (Å²) in [5.41, 5.74) is 0.698. The Hall–Kier alpha value is -0.140. The SMILES string of the molecule is O=C(c1cc(Br)ccc1I)N1CC[C@@H](O)C1. The number of hydrogen-bond donors (Lipinski definition) is 1. The molecule has 1 N–H and O–H groups in total. The van der Waals surface area contributed by atoms with Crippen LogP contribution in [0.5, 0.6) is 0 Å². The van der Waals surface area contributed by atoms with E-state index in [9.17, 15) is 9.90 Å². The van der Waals surface area contributed by atoms with Crippen molar-refractivity contribution in [1.29, 1.82) is 0 Å². The molecule has 16 heavy (non-hydrogen) atoms. The third kappa shape index (κ3) is 2.57. The second-order valence-electron chi connectivity index (χ2n) is 3.82. The Bertz CT molecular complexity index is 424. The van der Waals surface area contributed by atoms with Gasteiger partial charge in [0.15, 0.2) is 0 Å². The molecule has 0 radical (unpaired) electrons. The lowest BCUT2D eigenvalue weighted by Gasteiger charge is -2.16. The average molecular weight is 396 g/mol. The molecule has 2 rings (SSSR count). The molecular weight excluding hydrogens is 385 g/mol. The molecule has 1 amide bonds. The number of aliphatic hydroxyl groups is 1. The Morgan fingerprint density at radius 3 is 2.94 bits per heavy atom. The van der Waals surface area contributed by atoms with Crippen molar-refractivity contribution in [3.05, 3.63) is 31.8 Å². The highest BCUT2D eigenvalue weighted by Gasteiger charge is 2.26. The van der Waals surface area contributed by atoms with Gasteiger partial charge in [-0.25, -0.2) is 0 Å². The highest BCUT2D eigenvalue weighted by Crippen LogP contribution is 2.21. The first kappa shape index (κ1) is 12.3. The summed E-state index contributed by atoms with van der Waals surface area (Å²) in [5.74, 6) is 0.00208. The zero-order valence-corrected chi connectivity index (χ0v) is 12.2. The highest BCUT2D eigenvalue weighted by molar-refractivity contribution is 14.1. The molecule has 1 aromatic carbocycles. The maximum absolute atomic E-state index is 12.2. The van der Waals surface area contributed by atoms with Gasteiger partial charge in [-0.1, -0.05) is 15.9 Å². The zero-order valence-electron chi connectivity index (χ0n) is 8.49. The second kappa shape index (κ2) is 5.01. The van der Waals surface area contributed by atoms with E-state index in [-0.39, 0.29) is 12.0 Å². The van der Waals surface area contributed by atoms with Gasteiger partial charge in [0.2, 0.25) is 0 Å². The zero-order chi connectivity index (χ0) is 11.7. The molecule has 5 heteroatoms. The number of carbonyl (C=O) groups is 1. The first-order valence-corrected chi connectivity index (χ1v) is 6.87. The summed E-state index contributed by atoms with van der Waals surface area (Å²) in [4.78, 5) is 13.9. The highest BCUT2D eigenvalue weighted by atomic mass is 127. The fourth-order valence-corrected chi connectivity index (χ4v) is 2.69. The normalized spacial score (nSPS) is 20.2. The van der Waals surface area contributed by atoms with Crippen LogP contribution in [0.2, 0.25) is 0 Å². The summed E-state index contributed by atoms with van der Waals surface area (Å²) in [6.45, 7) is 1.09. The number of aliphatic hydroxyl groups excluding tert-OH is 1. The molecule has 1 aromatic rings. The van der Waals surface area contributed by atoms with Gasteiger partial charge in [-0.3, -0.25) is 4.79 Å². The Morgan fingerprint density at radius 2 is 2.31 bits per heavy atom. The van der Waals surface area contributed by atoms with Gasteiger partial charge in [0.1, 0.15) is 0 Å². The molecule has 1 atom stereocenters. The Morgan fingerprint density at radius 1 is 1.56 bits per heavy atom. The summed E-state index contributed by atoms with van der Waals surface area (Å²) in [6, 6.07) is 5.65. The maximum Gasteiger partial charge on any atom is 0.255 e. The van der Waals surface area contributed by atoms with Gasteiger partial charge in [0.05, 0.1) is 11.7 Å². The van der Waals surface area contributed by atoms with Crippen LogP contribution in [-0.4, -0.2) is 35.1 Å². The van der Waals surface area contributed by atoms with E-state index in [0.29, 0.717) is 25.1 Å². The van der Waals surface area contributed by atoms with Gasteiger partial charge in [0, 0.05) is 21.1 Å². The largest absolute Gasteiger partial charge is 0.391 e. The smallest absolute Gasteiger partial charge is 0.255 e. The third-order valence-corrected chi connectivity index (χ3v) is 4.04. The minimum Gasteiger partial charge on any atom is -0.391 e. The number of rotatable bonds is 1. The van der Waals surface area contributed by atoms with E-state index in [1.165, 1.54) is 0 Å². The van der Waals surface area contributed by atoms with Gasteiger partial charge in [-0.2, -0.15) is 0 Å². The fourth-order valence-electron chi connectivity index (χ4n) is 1.76. The topological polar surface area (TPSA) is 40.5 Å². The molecule has 0 aliphatic carbocycles. The second-order valence-corrected chi connectivity index (χ2v) is 5.90. The molecule has 1 fully saturated rings. The van der Waals surface area contributed by atoms with E-state index in [1.54, 1.807) is 4.90 Å². The van der Waals surface area contributed by atoms with Crippen LogP contribution in [0.3, 0.4) is 0 Å². The molecule has 1 aliphatic heterocycles. The van der Waals surface area contributed by atoms with E-state index in [2.05, 4.69) is 38.5 Å². The molecule has 0 saturated carbocycles. The predicted octanol–water partition coefficient (Wildman–Crippen LogP) is 2.26. The molecule has 0 aromatic heterocycles. The van der Waals surface area contributed by atoms with E-state index in [1.807, 2.05) is 18.2 Å². The van der Waals surface area contributed by atoms with Gasteiger partial charge in [-0.15, -0.1) is 0 Å². The van der Waals surface area contributed by atoms with E-state index in [0.717, 1.165) is 8.04 Å². The number of β-amino-alcohol motifs (C(OH)–C–C–N with tert-alkyl or cyclic N) is 1. The summed E-state index contributed by atoms with van der Waals surface area (Å²) < 4.78 is 1.84. The van der Waals surface area contributed by atoms with Crippen molar-refractivity contribution >= 4 is 44.4 Å². The van der Waals surface area contributed by atoms with Crippen molar-refractivity contribution in [2.45, 2.75) is 12.5 Å². The molecule has 3 nitrogen and oxygen atoms in total. The first-order valence-electron chi connectivity index (χ1n) is 5.00. The van der Waals surface area contributed by atoms with Crippen LogP contribution in [0.1, 0.15) is 16.8 Å². The van der Waals surface area contributed by atoms with Crippen molar-refractivity contribution in [3.8, 4) is 0 Å². The molecule has 1 saturated heterocycles. The molecule has 86 valence electrons. The molecule has 1 heterocycles. The van der Waals surface area contributed by atoms with Crippen LogP contribution < -0.4 is 0 Å². The number of likely N-dealkylation sites (tertiary alicyclic amines) is 1. The molecule has 0 spiro atoms. The summed E-state index contributed by atoms with van der Waals surface area (Å²) in [6.07, 6.45) is 0.310. The number of amides is 1. The Labute approximate surface area is 116 Å². The Balaban J connectivity index is 2.23. The van der Waals surface area contributed by atoms with Crippen molar-refractivity contribution in [2.75, 3.05) is 13.1 Å². The molecule has 0 bridgehead atoms. The summed E-state index contributed by atoms with van der Waals surface area (Å²) in [5, 5.41) is 9.41. The number of carbonyl (C=O) groups excluding carboxylic acids is 1. The lowest BCUT2D eigenvalue weighted by Crippen LogP contribution is -2.30. The van der Waals surface area contributed by atoms with Crippen LogP contribution in [0.4, 0.5) is 0 Å². The number of hydrogen-bond acceptors (Lipinski definition) is 2. The number of benzene rings is 1. The molecule has 1 aliphatic rings. The lowest BCUT2D eigenvalue weighted by atomic mass is 10.2. The van der Waals surface area contributed by atoms with Gasteiger partial charge >= 0.3 is 0 Å². The standard InChI is InChI=1S/C11H11BrINO2/c12-7-1-2-10(13)9(5-7)11(16)14-4-3-8(15)6-14/h1-2,5,8,15H,3-4,6H2/t8-/m1/s1. The minimum absolute atomic E-state index is 0.00208. The van der Waals surface area contributed by atoms with E-state index < -0.39 is 0 Å². The third-order valence-electron chi connectivity index (χ3n) is 2.61. The van der Waals surface area contributed by atoms with Gasteiger partial charge in [-0.05, 0) is 47.2 Å². The van der Waals surface area contributed by atoms with Crippen LogP contribution >= 0.6 is 38.5 Å². The molecular formula is C11H11BrINO2. The lowest BCUT2D eigenvalue weighted by molar-refractivity contribution is 0.0764. The van der Waals surface area contributed by atoms with Crippen molar-refractivity contribution in [3.63, 3.8) is 0 Å². The van der Waals surface area contributed by atoms with Crippen molar-refractivity contribution in [2.24, 2.45) is 0 Å². The summed E-state index contributed by atoms with van der Waals surface area (Å²) >= 11 is 5.51. The van der Waals surface area contributed by atoms with Gasteiger partial charge < -0.3 is 10.0 Å². The monoisotopic (exact) mass is 395 g/mol. The minimum atomic E-state index is -0.367. The first-order chi connectivity index (χ1) is 7.58. The summed E-state index contributed by atoms with van der Waals surface area (Å²) in [7, 11) is 0.